The summed E-state index contributed by atoms with van der Waals surface area (Å²) in [4.78, 5) is 12.5. The van der Waals surface area contributed by atoms with Gasteiger partial charge in [-0.15, -0.1) is 0 Å². The number of cyclic esters (lactones) is 1. The van der Waals surface area contributed by atoms with Crippen LogP contribution >= 0.6 is 0 Å². The summed E-state index contributed by atoms with van der Waals surface area (Å²) in [6.07, 6.45) is 0. The van der Waals surface area contributed by atoms with E-state index in [-0.39, 0.29) is 5.97 Å². The van der Waals surface area contributed by atoms with E-state index in [9.17, 15) is 4.79 Å². The Balaban J connectivity index is 1.94. The van der Waals surface area contributed by atoms with E-state index in [2.05, 4.69) is 0 Å². The van der Waals surface area contributed by atoms with Gasteiger partial charge in [0, 0.05) is 11.1 Å². The zero-order valence-corrected chi connectivity index (χ0v) is 12.3. The molecule has 0 saturated heterocycles. The first-order chi connectivity index (χ1) is 11.3. The van der Waals surface area contributed by atoms with Crippen molar-refractivity contribution in [2.24, 2.45) is 0 Å². The summed E-state index contributed by atoms with van der Waals surface area (Å²) in [5.41, 5.74) is 1.98. The van der Waals surface area contributed by atoms with Gasteiger partial charge in [0.05, 0.1) is 0 Å². The highest BCUT2D eigenvalue weighted by atomic mass is 16.7. The number of hydrogen-bond acceptors (Lipinski definition) is 3. The quantitative estimate of drug-likeness (QED) is 0.667. The molecule has 1 aliphatic rings. The monoisotopic (exact) mass is 302 g/mol. The summed E-state index contributed by atoms with van der Waals surface area (Å²) in [6.45, 7) is 0. The molecule has 0 fully saturated rings. The standard InChI is InChI=1S/C20H14O3/c21-19-17-13-7-8-14-18(17)22-20(23-19,15-9-3-1-4-10-15)16-11-5-2-6-12-16/h1-14H. The molecule has 0 unspecified atom stereocenters. The molecular weight excluding hydrogens is 288 g/mol. The van der Waals surface area contributed by atoms with Gasteiger partial charge in [-0.1, -0.05) is 72.8 Å². The highest BCUT2D eigenvalue weighted by Gasteiger charge is 2.45. The molecule has 0 aromatic heterocycles. The van der Waals surface area contributed by atoms with Crippen LogP contribution in [-0.4, -0.2) is 5.97 Å². The molecule has 3 aromatic rings. The molecule has 3 aromatic carbocycles. The molecule has 1 aliphatic heterocycles. The minimum atomic E-state index is -1.27. The van der Waals surface area contributed by atoms with Crippen molar-refractivity contribution in [2.45, 2.75) is 5.79 Å². The molecule has 0 radical (unpaired) electrons. The number of fused-ring (bicyclic) bond motifs is 1. The highest BCUT2D eigenvalue weighted by molar-refractivity contribution is 5.94. The second kappa shape index (κ2) is 5.29. The summed E-state index contributed by atoms with van der Waals surface area (Å²) < 4.78 is 12.0. The van der Waals surface area contributed by atoms with Gasteiger partial charge in [-0.25, -0.2) is 4.79 Å². The Hall–Kier alpha value is -3.07. The van der Waals surface area contributed by atoms with Gasteiger partial charge < -0.3 is 9.47 Å². The molecular formula is C20H14O3. The number of hydrogen-bond donors (Lipinski definition) is 0. The number of para-hydroxylation sites is 1. The minimum absolute atomic E-state index is 0.389. The van der Waals surface area contributed by atoms with Crippen LogP contribution in [0.4, 0.5) is 0 Å². The Labute approximate surface area is 134 Å². The molecule has 0 aliphatic carbocycles. The number of benzene rings is 3. The lowest BCUT2D eigenvalue weighted by atomic mass is 9.95. The normalized spacial score (nSPS) is 15.2. The predicted molar refractivity (Wildman–Crippen MR) is 86.1 cm³/mol. The average Bonchev–Trinajstić information content (AvgIpc) is 2.63. The lowest BCUT2D eigenvalue weighted by molar-refractivity contribution is -0.131. The van der Waals surface area contributed by atoms with E-state index < -0.39 is 5.79 Å². The molecule has 0 bridgehead atoms. The van der Waals surface area contributed by atoms with Crippen LogP contribution in [0, 0.1) is 0 Å². The Morgan fingerprint density at radius 3 is 1.74 bits per heavy atom. The molecule has 1 heterocycles. The van der Waals surface area contributed by atoms with E-state index in [1.807, 2.05) is 66.7 Å². The fraction of sp³-hybridized carbons (Fsp3) is 0.0500. The third kappa shape index (κ3) is 2.18. The maximum atomic E-state index is 12.5. The van der Waals surface area contributed by atoms with Crippen LogP contribution in [0.5, 0.6) is 5.75 Å². The first-order valence-corrected chi connectivity index (χ1v) is 7.42. The zero-order valence-electron chi connectivity index (χ0n) is 12.3. The lowest BCUT2D eigenvalue weighted by Gasteiger charge is -2.38. The second-order valence-corrected chi connectivity index (χ2v) is 5.34. The SMILES string of the molecule is O=C1OC(c2ccccc2)(c2ccccc2)Oc2ccccc21. The van der Waals surface area contributed by atoms with Crippen LogP contribution in [0.25, 0.3) is 0 Å². The highest BCUT2D eigenvalue weighted by Crippen LogP contribution is 2.41. The van der Waals surface area contributed by atoms with Crippen molar-refractivity contribution in [3.05, 3.63) is 102 Å². The van der Waals surface area contributed by atoms with Crippen molar-refractivity contribution in [1.29, 1.82) is 0 Å². The Morgan fingerprint density at radius 2 is 1.13 bits per heavy atom. The van der Waals surface area contributed by atoms with Crippen molar-refractivity contribution >= 4 is 5.97 Å². The lowest BCUT2D eigenvalue weighted by Crippen LogP contribution is -2.43. The van der Waals surface area contributed by atoms with E-state index in [0.717, 1.165) is 11.1 Å². The van der Waals surface area contributed by atoms with Crippen LogP contribution in [-0.2, 0) is 10.5 Å². The largest absolute Gasteiger partial charge is 0.443 e. The number of rotatable bonds is 2. The third-order valence-electron chi connectivity index (χ3n) is 3.90. The molecule has 3 heteroatoms. The molecule has 0 N–H and O–H groups in total. The van der Waals surface area contributed by atoms with Gasteiger partial charge in [0.1, 0.15) is 11.3 Å². The molecule has 0 atom stereocenters. The van der Waals surface area contributed by atoms with Crippen molar-refractivity contribution in [3.63, 3.8) is 0 Å². The molecule has 3 nitrogen and oxygen atoms in total. The summed E-state index contributed by atoms with van der Waals surface area (Å²) in [7, 11) is 0. The fourth-order valence-corrected chi connectivity index (χ4v) is 2.80. The molecule has 0 spiro atoms. The van der Waals surface area contributed by atoms with E-state index in [1.165, 1.54) is 0 Å². The number of esters is 1. The van der Waals surface area contributed by atoms with Crippen LogP contribution in [0.1, 0.15) is 21.5 Å². The number of carbonyl (C=O) groups is 1. The first-order valence-electron chi connectivity index (χ1n) is 7.42. The molecule has 0 amide bonds. The third-order valence-corrected chi connectivity index (χ3v) is 3.90. The van der Waals surface area contributed by atoms with Gasteiger partial charge >= 0.3 is 11.8 Å². The summed E-state index contributed by atoms with van der Waals surface area (Å²) in [5.74, 6) is -1.13. The van der Waals surface area contributed by atoms with Crippen molar-refractivity contribution in [2.75, 3.05) is 0 Å². The molecule has 4 rings (SSSR count). The smallest absolute Gasteiger partial charge is 0.345 e. The van der Waals surface area contributed by atoms with Crippen molar-refractivity contribution in [1.82, 2.24) is 0 Å². The minimum Gasteiger partial charge on any atom is -0.443 e. The number of ether oxygens (including phenoxy) is 2. The van der Waals surface area contributed by atoms with E-state index in [0.29, 0.717) is 11.3 Å². The first kappa shape index (κ1) is 13.6. The van der Waals surface area contributed by atoms with E-state index >= 15 is 0 Å². The maximum absolute atomic E-state index is 12.5. The van der Waals surface area contributed by atoms with E-state index in [1.54, 1.807) is 18.2 Å². The van der Waals surface area contributed by atoms with Gasteiger partial charge in [-0.05, 0) is 12.1 Å². The van der Waals surface area contributed by atoms with Gasteiger partial charge in [-0.2, -0.15) is 0 Å². The van der Waals surface area contributed by atoms with Gasteiger partial charge in [0.25, 0.3) is 0 Å². The van der Waals surface area contributed by atoms with Crippen molar-refractivity contribution in [3.8, 4) is 5.75 Å². The Morgan fingerprint density at radius 1 is 0.609 bits per heavy atom. The second-order valence-electron chi connectivity index (χ2n) is 5.34. The van der Waals surface area contributed by atoms with Crippen LogP contribution < -0.4 is 4.74 Å². The maximum Gasteiger partial charge on any atom is 0.345 e. The van der Waals surface area contributed by atoms with Crippen LogP contribution in [0.3, 0.4) is 0 Å². The summed E-state index contributed by atoms with van der Waals surface area (Å²) in [6, 6.07) is 26.2. The predicted octanol–water partition coefficient (Wildman–Crippen LogP) is 4.14. The summed E-state index contributed by atoms with van der Waals surface area (Å²) in [5, 5.41) is 0. The van der Waals surface area contributed by atoms with Gasteiger partial charge in [0.15, 0.2) is 0 Å². The van der Waals surface area contributed by atoms with E-state index in [4.69, 9.17) is 9.47 Å². The van der Waals surface area contributed by atoms with Crippen LogP contribution in [0.15, 0.2) is 84.9 Å². The van der Waals surface area contributed by atoms with Gasteiger partial charge in [0.2, 0.25) is 0 Å². The average molecular weight is 302 g/mol. The Bertz CT molecular complexity index is 802. The molecule has 23 heavy (non-hydrogen) atoms. The molecule has 0 saturated carbocycles. The topological polar surface area (TPSA) is 35.5 Å². The summed E-state index contributed by atoms with van der Waals surface area (Å²) >= 11 is 0. The van der Waals surface area contributed by atoms with Crippen LogP contribution in [0.2, 0.25) is 0 Å². The zero-order chi connectivity index (χ0) is 15.7. The van der Waals surface area contributed by atoms with Gasteiger partial charge in [-0.3, -0.25) is 0 Å². The van der Waals surface area contributed by atoms with Crippen molar-refractivity contribution < 1.29 is 14.3 Å². The molecule has 112 valence electrons. The Kier molecular flexibility index (Phi) is 3.12. The number of carbonyl (C=O) groups excluding carboxylic acids is 1. The fourth-order valence-electron chi connectivity index (χ4n) is 2.80.